The average Bonchev–Trinajstić information content (AvgIpc) is 2.57. The Kier molecular flexibility index (Phi) is 9.12. The van der Waals surface area contributed by atoms with Crippen molar-refractivity contribution >= 4 is 29.3 Å². The smallest absolute Gasteiger partial charge is 0.283 e. The van der Waals surface area contributed by atoms with E-state index in [9.17, 15) is 19.7 Å². The van der Waals surface area contributed by atoms with Crippen LogP contribution in [0, 0.1) is 22.0 Å². The van der Waals surface area contributed by atoms with Crippen molar-refractivity contribution in [2.24, 2.45) is 11.8 Å². The lowest BCUT2D eigenvalue weighted by molar-refractivity contribution is -0.387. The highest BCUT2D eigenvalue weighted by molar-refractivity contribution is 7.99. The zero-order chi connectivity index (χ0) is 19.7. The Morgan fingerprint density at radius 3 is 2.38 bits per heavy atom. The van der Waals surface area contributed by atoms with Gasteiger partial charge in [0, 0.05) is 30.6 Å². The zero-order valence-corrected chi connectivity index (χ0v) is 16.5. The van der Waals surface area contributed by atoms with Crippen LogP contribution in [0.15, 0.2) is 23.1 Å². The zero-order valence-electron chi connectivity index (χ0n) is 15.7. The predicted octanol–water partition coefficient (Wildman–Crippen LogP) is 3.24. The second kappa shape index (κ2) is 10.8. The fourth-order valence-corrected chi connectivity index (χ4v) is 3.25. The van der Waals surface area contributed by atoms with Crippen LogP contribution in [0.2, 0.25) is 0 Å². The lowest BCUT2D eigenvalue weighted by Gasteiger charge is -2.10. The number of amides is 2. The third kappa shape index (κ3) is 7.43. The molecule has 2 amide bonds. The average molecular weight is 381 g/mol. The number of hydrogen-bond acceptors (Lipinski definition) is 5. The number of carbonyl (C=O) groups excluding carboxylic acids is 2. The van der Waals surface area contributed by atoms with E-state index >= 15 is 0 Å². The first-order chi connectivity index (χ1) is 12.2. The Morgan fingerprint density at radius 2 is 1.81 bits per heavy atom. The van der Waals surface area contributed by atoms with E-state index in [0.717, 1.165) is 12.2 Å². The summed E-state index contributed by atoms with van der Waals surface area (Å²) in [6.07, 6.45) is 0.964. The van der Waals surface area contributed by atoms with Crippen LogP contribution in [0.25, 0.3) is 0 Å². The molecule has 7 nitrogen and oxygen atoms in total. The molecule has 0 saturated carbocycles. The Morgan fingerprint density at radius 1 is 1.15 bits per heavy atom. The molecule has 0 unspecified atom stereocenters. The minimum Gasteiger partial charge on any atom is -0.354 e. The largest absolute Gasteiger partial charge is 0.354 e. The second-order valence-corrected chi connectivity index (χ2v) is 7.81. The van der Waals surface area contributed by atoms with Gasteiger partial charge in [-0.2, -0.15) is 0 Å². The van der Waals surface area contributed by atoms with E-state index in [2.05, 4.69) is 24.5 Å². The Labute approximate surface area is 158 Å². The van der Waals surface area contributed by atoms with Gasteiger partial charge in [0.1, 0.15) is 0 Å². The Bertz CT molecular complexity index is 647. The number of hydrogen-bond donors (Lipinski definition) is 2. The van der Waals surface area contributed by atoms with Gasteiger partial charge in [-0.15, -0.1) is 11.8 Å². The molecule has 0 radical (unpaired) electrons. The lowest BCUT2D eigenvalue weighted by Crippen LogP contribution is -2.36. The molecule has 8 heteroatoms. The molecule has 2 N–H and O–H groups in total. The highest BCUT2D eigenvalue weighted by atomic mass is 32.2. The van der Waals surface area contributed by atoms with Crippen molar-refractivity contribution in [1.29, 1.82) is 0 Å². The van der Waals surface area contributed by atoms with Crippen LogP contribution in [-0.4, -0.2) is 35.6 Å². The van der Waals surface area contributed by atoms with Crippen LogP contribution in [0.5, 0.6) is 0 Å². The van der Waals surface area contributed by atoms with Crippen LogP contribution in [0.1, 0.15) is 44.5 Å². The van der Waals surface area contributed by atoms with Crippen LogP contribution in [0.3, 0.4) is 0 Å². The van der Waals surface area contributed by atoms with Gasteiger partial charge in [-0.05, 0) is 30.2 Å². The van der Waals surface area contributed by atoms with Crippen LogP contribution in [-0.2, 0) is 4.79 Å². The van der Waals surface area contributed by atoms with Gasteiger partial charge in [0.05, 0.1) is 9.82 Å². The number of nitro groups is 1. The number of nitrogens with zero attached hydrogens (tertiary/aromatic N) is 1. The highest BCUT2D eigenvalue weighted by Crippen LogP contribution is 2.31. The molecule has 1 aromatic carbocycles. The van der Waals surface area contributed by atoms with Crippen molar-refractivity contribution in [3.63, 3.8) is 0 Å². The maximum atomic E-state index is 12.2. The van der Waals surface area contributed by atoms with Crippen molar-refractivity contribution < 1.29 is 14.5 Å². The van der Waals surface area contributed by atoms with Gasteiger partial charge in [0.2, 0.25) is 5.91 Å². The van der Waals surface area contributed by atoms with Crippen LogP contribution < -0.4 is 10.6 Å². The number of nitro benzene ring substituents is 1. The number of rotatable bonds is 10. The van der Waals surface area contributed by atoms with Gasteiger partial charge in [-0.3, -0.25) is 19.7 Å². The summed E-state index contributed by atoms with van der Waals surface area (Å²) in [5.41, 5.74) is 0.180. The van der Waals surface area contributed by atoms with Gasteiger partial charge in [-0.1, -0.05) is 27.7 Å². The molecular formula is C18H27N3O4S. The summed E-state index contributed by atoms with van der Waals surface area (Å²) in [7, 11) is 0. The molecule has 0 aliphatic carbocycles. The first-order valence-electron chi connectivity index (χ1n) is 8.69. The first kappa shape index (κ1) is 22.0. The van der Waals surface area contributed by atoms with Gasteiger partial charge >= 0.3 is 0 Å². The fraction of sp³-hybridized carbons (Fsp3) is 0.556. The SMILES string of the molecule is CC(C)CCSc1ccc(C(=O)NCCNC(=O)C(C)C)cc1[N+](=O)[O-]. The van der Waals surface area contributed by atoms with Crippen molar-refractivity contribution in [1.82, 2.24) is 10.6 Å². The Balaban J connectivity index is 2.66. The topological polar surface area (TPSA) is 101 Å². The predicted molar refractivity (Wildman–Crippen MR) is 103 cm³/mol. The maximum absolute atomic E-state index is 12.2. The van der Waals surface area contributed by atoms with E-state index < -0.39 is 10.8 Å². The lowest BCUT2D eigenvalue weighted by atomic mass is 10.2. The van der Waals surface area contributed by atoms with E-state index in [0.29, 0.717) is 17.4 Å². The van der Waals surface area contributed by atoms with Crippen molar-refractivity contribution in [2.75, 3.05) is 18.8 Å². The fourth-order valence-electron chi connectivity index (χ4n) is 2.00. The van der Waals surface area contributed by atoms with Crippen LogP contribution in [0.4, 0.5) is 5.69 Å². The standard InChI is InChI=1S/C18H27N3O4S/c1-12(2)7-10-26-16-6-5-14(11-15(16)21(24)25)18(23)20-9-8-19-17(22)13(3)4/h5-6,11-13H,7-10H2,1-4H3,(H,19,22)(H,20,23). The quantitative estimate of drug-likeness (QED) is 0.280. The summed E-state index contributed by atoms with van der Waals surface area (Å²) in [5.74, 6) is 0.722. The number of carbonyl (C=O) groups is 2. The van der Waals surface area contributed by atoms with Crippen molar-refractivity contribution in [3.8, 4) is 0 Å². The molecule has 0 aliphatic heterocycles. The number of benzene rings is 1. The van der Waals surface area contributed by atoms with Gasteiger partial charge in [0.25, 0.3) is 11.6 Å². The summed E-state index contributed by atoms with van der Waals surface area (Å²) in [6, 6.07) is 4.52. The van der Waals surface area contributed by atoms with E-state index in [1.54, 1.807) is 26.0 Å². The third-order valence-electron chi connectivity index (χ3n) is 3.60. The van der Waals surface area contributed by atoms with E-state index in [-0.39, 0.29) is 29.6 Å². The number of thioether (sulfide) groups is 1. The normalized spacial score (nSPS) is 10.8. The summed E-state index contributed by atoms with van der Waals surface area (Å²) in [5, 5.41) is 16.7. The molecule has 0 atom stereocenters. The van der Waals surface area contributed by atoms with Gasteiger partial charge in [-0.25, -0.2) is 0 Å². The molecule has 0 aliphatic rings. The summed E-state index contributed by atoms with van der Waals surface area (Å²) in [4.78, 5) is 35.0. The molecule has 0 bridgehead atoms. The molecule has 1 rings (SSSR count). The van der Waals surface area contributed by atoms with Gasteiger partial charge in [0.15, 0.2) is 0 Å². The molecule has 0 saturated heterocycles. The summed E-state index contributed by atoms with van der Waals surface area (Å²) in [6.45, 7) is 8.35. The maximum Gasteiger partial charge on any atom is 0.283 e. The molecule has 26 heavy (non-hydrogen) atoms. The van der Waals surface area contributed by atoms with E-state index in [1.807, 2.05) is 0 Å². The van der Waals surface area contributed by atoms with Crippen molar-refractivity contribution in [3.05, 3.63) is 33.9 Å². The summed E-state index contributed by atoms with van der Waals surface area (Å²) >= 11 is 1.43. The van der Waals surface area contributed by atoms with Gasteiger partial charge < -0.3 is 10.6 Å². The molecule has 0 fully saturated rings. The Hall–Kier alpha value is -2.09. The third-order valence-corrected chi connectivity index (χ3v) is 4.70. The van der Waals surface area contributed by atoms with E-state index in [4.69, 9.17) is 0 Å². The minimum absolute atomic E-state index is 0.0560. The highest BCUT2D eigenvalue weighted by Gasteiger charge is 2.18. The second-order valence-electron chi connectivity index (χ2n) is 6.67. The molecule has 0 spiro atoms. The molecular weight excluding hydrogens is 354 g/mol. The first-order valence-corrected chi connectivity index (χ1v) is 9.68. The van der Waals surface area contributed by atoms with Crippen molar-refractivity contribution in [2.45, 2.75) is 39.0 Å². The van der Waals surface area contributed by atoms with E-state index in [1.165, 1.54) is 17.8 Å². The number of nitrogens with one attached hydrogen (secondary N) is 2. The molecule has 1 aromatic rings. The van der Waals surface area contributed by atoms with Crippen LogP contribution >= 0.6 is 11.8 Å². The summed E-state index contributed by atoms with van der Waals surface area (Å²) < 4.78 is 0. The molecule has 0 aromatic heterocycles. The minimum atomic E-state index is -0.461. The molecule has 0 heterocycles. The molecule has 144 valence electrons. The monoisotopic (exact) mass is 381 g/mol.